The first-order chi connectivity index (χ1) is 16.4. The maximum Gasteiger partial charge on any atom is 0.257 e. The van der Waals surface area contributed by atoms with Crippen LogP contribution >= 0.6 is 35.4 Å². The molecule has 5 nitrogen and oxygen atoms in total. The summed E-state index contributed by atoms with van der Waals surface area (Å²) in [5.74, 6) is -0.830. The molecule has 0 saturated carbocycles. The van der Waals surface area contributed by atoms with E-state index in [0.717, 1.165) is 49.0 Å². The van der Waals surface area contributed by atoms with Gasteiger partial charge in [0, 0.05) is 49.0 Å². The summed E-state index contributed by atoms with van der Waals surface area (Å²) >= 11 is 18.1. The third-order valence-electron chi connectivity index (χ3n) is 5.60. The van der Waals surface area contributed by atoms with Crippen LogP contribution in [0, 0.1) is 5.82 Å². The molecule has 1 saturated heterocycles. The Labute approximate surface area is 213 Å². The molecule has 3 aromatic rings. The summed E-state index contributed by atoms with van der Waals surface area (Å²) in [7, 11) is 0. The van der Waals surface area contributed by atoms with E-state index in [0.29, 0.717) is 16.3 Å². The van der Waals surface area contributed by atoms with Crippen LogP contribution in [0.15, 0.2) is 66.7 Å². The van der Waals surface area contributed by atoms with Gasteiger partial charge in [-0.2, -0.15) is 0 Å². The summed E-state index contributed by atoms with van der Waals surface area (Å²) in [4.78, 5) is 16.9. The fourth-order valence-corrected chi connectivity index (χ4v) is 4.50. The Morgan fingerprint density at radius 1 is 0.941 bits per heavy atom. The number of nitrogens with zero attached hydrogens (tertiary/aromatic N) is 2. The summed E-state index contributed by atoms with van der Waals surface area (Å²) in [6.45, 7) is 4.33. The zero-order valence-corrected chi connectivity index (χ0v) is 20.6. The fourth-order valence-electron chi connectivity index (χ4n) is 3.79. The molecule has 2 N–H and O–H groups in total. The van der Waals surface area contributed by atoms with Crippen molar-refractivity contribution < 1.29 is 9.18 Å². The van der Waals surface area contributed by atoms with Crippen molar-refractivity contribution in [3.05, 3.63) is 93.7 Å². The molecule has 0 spiro atoms. The molecule has 3 aromatic carbocycles. The van der Waals surface area contributed by atoms with Crippen LogP contribution in [0.5, 0.6) is 0 Å². The van der Waals surface area contributed by atoms with Gasteiger partial charge in [-0.1, -0.05) is 41.4 Å². The highest BCUT2D eigenvalue weighted by Crippen LogP contribution is 2.30. The molecule has 0 aliphatic carbocycles. The van der Waals surface area contributed by atoms with Crippen LogP contribution in [0.25, 0.3) is 0 Å². The maximum atomic E-state index is 13.0. The Morgan fingerprint density at radius 2 is 1.65 bits per heavy atom. The Balaban J connectivity index is 1.31. The number of carbonyl (C=O) groups excluding carboxylic acids is 1. The van der Waals surface area contributed by atoms with Crippen LogP contribution in [0.1, 0.15) is 15.9 Å². The van der Waals surface area contributed by atoms with Crippen molar-refractivity contribution in [2.45, 2.75) is 6.54 Å². The van der Waals surface area contributed by atoms with Crippen LogP contribution < -0.4 is 15.5 Å². The molecular weight excluding hydrogens is 494 g/mol. The van der Waals surface area contributed by atoms with Gasteiger partial charge in [0.15, 0.2) is 5.11 Å². The molecule has 0 unspecified atom stereocenters. The van der Waals surface area contributed by atoms with Crippen molar-refractivity contribution in [3.63, 3.8) is 0 Å². The van der Waals surface area contributed by atoms with E-state index in [-0.39, 0.29) is 5.11 Å². The molecule has 4 rings (SSSR count). The number of nitrogens with one attached hydrogen (secondary N) is 2. The second-order valence-electron chi connectivity index (χ2n) is 7.94. The number of hydrogen-bond donors (Lipinski definition) is 2. The van der Waals surface area contributed by atoms with Crippen molar-refractivity contribution >= 4 is 57.8 Å². The van der Waals surface area contributed by atoms with Crippen molar-refractivity contribution in [2.24, 2.45) is 0 Å². The summed E-state index contributed by atoms with van der Waals surface area (Å²) in [5, 5.41) is 7.07. The number of halogens is 3. The number of anilines is 2. The number of rotatable bonds is 5. The Bertz CT molecular complexity index is 1180. The zero-order valence-electron chi connectivity index (χ0n) is 18.2. The van der Waals surface area contributed by atoms with Crippen molar-refractivity contribution in [2.75, 3.05) is 36.4 Å². The lowest BCUT2D eigenvalue weighted by molar-refractivity contribution is 0.0977. The minimum absolute atomic E-state index is 0.131. The normalized spacial score (nSPS) is 14.0. The smallest absolute Gasteiger partial charge is 0.257 e. The Morgan fingerprint density at radius 3 is 2.32 bits per heavy atom. The van der Waals surface area contributed by atoms with Gasteiger partial charge in [-0.3, -0.25) is 15.0 Å². The lowest BCUT2D eigenvalue weighted by Crippen LogP contribution is -2.46. The Kier molecular flexibility index (Phi) is 8.00. The first-order valence-corrected chi connectivity index (χ1v) is 11.9. The average Bonchev–Trinajstić information content (AvgIpc) is 2.82. The quantitative estimate of drug-likeness (QED) is 0.433. The standard InChI is InChI=1S/C25H23Cl2FN4OS/c26-21-4-2-1-3-18(21)16-31-11-13-32(14-12-31)23-10-9-20(15-22(23)27)29-25(34)30-24(33)17-5-7-19(28)8-6-17/h1-10,15H,11-14,16H2,(H2,29,30,33,34). The van der Waals surface area contributed by atoms with Crippen LogP contribution in [-0.4, -0.2) is 42.1 Å². The second kappa shape index (κ2) is 11.1. The number of thiocarbonyl (C=S) groups is 1. The lowest BCUT2D eigenvalue weighted by Gasteiger charge is -2.36. The summed E-state index contributed by atoms with van der Waals surface area (Å²) in [6.07, 6.45) is 0. The largest absolute Gasteiger partial charge is 0.368 e. The van der Waals surface area contributed by atoms with E-state index in [1.54, 1.807) is 6.07 Å². The topological polar surface area (TPSA) is 47.6 Å². The van der Waals surface area contributed by atoms with E-state index in [4.69, 9.17) is 35.4 Å². The van der Waals surface area contributed by atoms with E-state index in [9.17, 15) is 9.18 Å². The van der Waals surface area contributed by atoms with E-state index >= 15 is 0 Å². The molecular formula is C25H23Cl2FN4OS. The van der Waals surface area contributed by atoms with Gasteiger partial charge in [-0.15, -0.1) is 0 Å². The maximum absolute atomic E-state index is 13.0. The minimum atomic E-state index is -0.421. The molecule has 0 aromatic heterocycles. The highest BCUT2D eigenvalue weighted by atomic mass is 35.5. The summed E-state index contributed by atoms with van der Waals surface area (Å²) < 4.78 is 13.0. The molecule has 0 bridgehead atoms. The average molecular weight is 517 g/mol. The van der Waals surface area contributed by atoms with Crippen LogP contribution in [0.2, 0.25) is 10.0 Å². The first kappa shape index (κ1) is 24.4. The molecule has 1 aliphatic rings. The number of piperazine rings is 1. The van der Waals surface area contributed by atoms with Gasteiger partial charge in [0.1, 0.15) is 5.82 Å². The molecule has 176 valence electrons. The third-order valence-corrected chi connectivity index (χ3v) is 6.48. The molecule has 0 atom stereocenters. The van der Waals surface area contributed by atoms with Gasteiger partial charge in [-0.05, 0) is 66.3 Å². The van der Waals surface area contributed by atoms with E-state index in [1.807, 2.05) is 30.3 Å². The molecule has 34 heavy (non-hydrogen) atoms. The highest BCUT2D eigenvalue weighted by molar-refractivity contribution is 7.80. The molecule has 1 heterocycles. The number of hydrogen-bond acceptors (Lipinski definition) is 4. The predicted molar refractivity (Wildman–Crippen MR) is 140 cm³/mol. The SMILES string of the molecule is O=C(NC(=S)Nc1ccc(N2CCN(Cc3ccccc3Cl)CC2)c(Cl)c1)c1ccc(F)cc1. The van der Waals surface area contributed by atoms with Gasteiger partial charge in [0.25, 0.3) is 5.91 Å². The first-order valence-electron chi connectivity index (χ1n) is 10.8. The van der Waals surface area contributed by atoms with Gasteiger partial charge in [0.2, 0.25) is 0 Å². The van der Waals surface area contributed by atoms with Crippen LogP contribution in [-0.2, 0) is 6.54 Å². The van der Waals surface area contributed by atoms with Crippen molar-refractivity contribution in [1.29, 1.82) is 0 Å². The van der Waals surface area contributed by atoms with E-state index < -0.39 is 11.7 Å². The van der Waals surface area contributed by atoms with Crippen LogP contribution in [0.3, 0.4) is 0 Å². The van der Waals surface area contributed by atoms with E-state index in [1.165, 1.54) is 24.3 Å². The molecule has 1 fully saturated rings. The molecule has 9 heteroatoms. The highest BCUT2D eigenvalue weighted by Gasteiger charge is 2.20. The predicted octanol–water partition coefficient (Wildman–Crippen LogP) is 5.58. The van der Waals surface area contributed by atoms with Crippen molar-refractivity contribution in [3.8, 4) is 0 Å². The molecule has 1 aliphatic heterocycles. The van der Waals surface area contributed by atoms with Gasteiger partial charge >= 0.3 is 0 Å². The zero-order chi connectivity index (χ0) is 24.1. The third kappa shape index (κ3) is 6.24. The summed E-state index contributed by atoms with van der Waals surface area (Å²) in [6, 6.07) is 18.8. The fraction of sp³-hybridized carbons (Fsp3) is 0.200. The lowest BCUT2D eigenvalue weighted by atomic mass is 10.2. The monoisotopic (exact) mass is 516 g/mol. The van der Waals surface area contributed by atoms with Crippen molar-refractivity contribution in [1.82, 2.24) is 10.2 Å². The molecule has 1 amide bonds. The minimum Gasteiger partial charge on any atom is -0.368 e. The number of carbonyl (C=O) groups is 1. The van der Waals surface area contributed by atoms with E-state index in [2.05, 4.69) is 26.5 Å². The van der Waals surface area contributed by atoms with Crippen LogP contribution in [0.4, 0.5) is 15.8 Å². The van der Waals surface area contributed by atoms with Gasteiger partial charge in [0.05, 0.1) is 10.7 Å². The summed E-state index contributed by atoms with van der Waals surface area (Å²) in [5.41, 5.74) is 3.06. The Hall–Kier alpha value is -2.71. The number of amides is 1. The van der Waals surface area contributed by atoms with Gasteiger partial charge in [-0.25, -0.2) is 4.39 Å². The molecule has 0 radical (unpaired) electrons. The van der Waals surface area contributed by atoms with Gasteiger partial charge < -0.3 is 10.2 Å². The second-order valence-corrected chi connectivity index (χ2v) is 9.16. The number of benzene rings is 3.